The molecule has 0 saturated carbocycles. The number of nitrogens with one attached hydrogen (secondary N) is 1. The lowest BCUT2D eigenvalue weighted by Crippen LogP contribution is -2.42. The van der Waals surface area contributed by atoms with E-state index in [-0.39, 0.29) is 12.3 Å². The van der Waals surface area contributed by atoms with Gasteiger partial charge in [0.2, 0.25) is 0 Å². The number of rotatable bonds is 6. The average molecular weight is 305 g/mol. The minimum absolute atomic E-state index is 0.188. The molecule has 1 unspecified atom stereocenters. The van der Waals surface area contributed by atoms with Crippen LogP contribution in [-0.4, -0.2) is 38.8 Å². The summed E-state index contributed by atoms with van der Waals surface area (Å²) in [5.41, 5.74) is 0.0415. The van der Waals surface area contributed by atoms with Gasteiger partial charge in [0.15, 0.2) is 0 Å². The molecule has 0 aromatic heterocycles. The molecule has 2 rings (SSSR count). The van der Waals surface area contributed by atoms with Crippen LogP contribution < -0.4 is 10.1 Å². The molecule has 1 aliphatic heterocycles. The lowest BCUT2D eigenvalue weighted by molar-refractivity contribution is -0.274. The smallest absolute Gasteiger partial charge is 0.405 e. The maximum absolute atomic E-state index is 12.3. The van der Waals surface area contributed by atoms with E-state index in [1.165, 1.54) is 12.1 Å². The number of hydrogen-bond donors (Lipinski definition) is 1. The van der Waals surface area contributed by atoms with Gasteiger partial charge in [-0.25, -0.2) is 0 Å². The van der Waals surface area contributed by atoms with Gasteiger partial charge < -0.3 is 19.5 Å². The molecule has 0 spiro atoms. The van der Waals surface area contributed by atoms with Crippen molar-refractivity contribution >= 4 is 0 Å². The van der Waals surface area contributed by atoms with Crippen LogP contribution in [0.2, 0.25) is 0 Å². The van der Waals surface area contributed by atoms with Gasteiger partial charge in [-0.2, -0.15) is 0 Å². The van der Waals surface area contributed by atoms with E-state index >= 15 is 0 Å². The molecule has 1 heterocycles. The maximum Gasteiger partial charge on any atom is 0.573 e. The Labute approximate surface area is 121 Å². The minimum atomic E-state index is -4.69. The highest BCUT2D eigenvalue weighted by molar-refractivity contribution is 5.33. The monoisotopic (exact) mass is 305 g/mol. The van der Waals surface area contributed by atoms with Crippen LogP contribution in [0.25, 0.3) is 0 Å². The fourth-order valence-corrected chi connectivity index (χ4v) is 2.26. The highest BCUT2D eigenvalue weighted by Crippen LogP contribution is 2.26. The van der Waals surface area contributed by atoms with Crippen molar-refractivity contribution in [1.82, 2.24) is 5.32 Å². The Bertz CT molecular complexity index is 459. The highest BCUT2D eigenvalue weighted by Gasteiger charge is 2.35. The van der Waals surface area contributed by atoms with Crippen LogP contribution in [0.5, 0.6) is 5.75 Å². The summed E-state index contributed by atoms with van der Waals surface area (Å²) < 4.78 is 51.7. The number of halogens is 3. The minimum Gasteiger partial charge on any atom is -0.405 e. The SMILES string of the molecule is COC1(CNCc2ccccc2OC(F)(F)F)CCOC1. The topological polar surface area (TPSA) is 39.7 Å². The summed E-state index contributed by atoms with van der Waals surface area (Å²) in [4.78, 5) is 0. The highest BCUT2D eigenvalue weighted by atomic mass is 19.4. The fraction of sp³-hybridized carbons (Fsp3) is 0.571. The first-order valence-corrected chi connectivity index (χ1v) is 6.61. The predicted molar refractivity (Wildman–Crippen MR) is 70.0 cm³/mol. The molecule has 0 amide bonds. The molecule has 21 heavy (non-hydrogen) atoms. The molecule has 118 valence electrons. The Morgan fingerprint density at radius 1 is 1.33 bits per heavy atom. The van der Waals surface area contributed by atoms with E-state index in [0.29, 0.717) is 25.3 Å². The molecule has 4 nitrogen and oxygen atoms in total. The van der Waals surface area contributed by atoms with Crippen LogP contribution >= 0.6 is 0 Å². The second kappa shape index (κ2) is 6.64. The zero-order valence-corrected chi connectivity index (χ0v) is 11.7. The van der Waals surface area contributed by atoms with Gasteiger partial charge >= 0.3 is 6.36 Å². The van der Waals surface area contributed by atoms with Crippen LogP contribution in [0.1, 0.15) is 12.0 Å². The van der Waals surface area contributed by atoms with Crippen LogP contribution in [0.15, 0.2) is 24.3 Å². The van der Waals surface area contributed by atoms with Crippen LogP contribution in [0, 0.1) is 0 Å². The number of alkyl halides is 3. The predicted octanol–water partition coefficient (Wildman–Crippen LogP) is 2.48. The first-order chi connectivity index (χ1) is 9.94. The third-order valence-electron chi connectivity index (χ3n) is 3.46. The molecule has 1 atom stereocenters. The van der Waals surface area contributed by atoms with Crippen LogP contribution in [0.3, 0.4) is 0 Å². The average Bonchev–Trinajstić information content (AvgIpc) is 2.88. The lowest BCUT2D eigenvalue weighted by Gasteiger charge is -2.26. The van der Waals surface area contributed by atoms with Crippen molar-refractivity contribution in [2.75, 3.05) is 26.9 Å². The summed E-state index contributed by atoms with van der Waals surface area (Å²) in [7, 11) is 1.61. The third kappa shape index (κ3) is 4.59. The molecule has 1 aromatic rings. The zero-order valence-electron chi connectivity index (χ0n) is 11.7. The molecule has 1 saturated heterocycles. The molecule has 0 bridgehead atoms. The van der Waals surface area contributed by atoms with E-state index in [4.69, 9.17) is 9.47 Å². The standard InChI is InChI=1S/C14H18F3NO3/c1-19-13(6-7-20-10-13)9-18-8-11-4-2-3-5-12(11)21-14(15,16)17/h2-5,18H,6-10H2,1H3. The molecular weight excluding hydrogens is 287 g/mol. The van der Waals surface area contributed by atoms with Crippen molar-refractivity contribution in [3.8, 4) is 5.75 Å². The van der Waals surface area contributed by atoms with Gasteiger partial charge in [-0.1, -0.05) is 18.2 Å². The molecule has 1 N–H and O–H groups in total. The van der Waals surface area contributed by atoms with Crippen molar-refractivity contribution in [2.24, 2.45) is 0 Å². The zero-order chi connectivity index (χ0) is 15.3. The van der Waals surface area contributed by atoms with Crippen molar-refractivity contribution in [1.29, 1.82) is 0 Å². The molecule has 0 radical (unpaired) electrons. The van der Waals surface area contributed by atoms with Gasteiger partial charge in [0.25, 0.3) is 0 Å². The van der Waals surface area contributed by atoms with Gasteiger partial charge in [-0.3, -0.25) is 0 Å². The summed E-state index contributed by atoms with van der Waals surface area (Å²) in [5.74, 6) is -0.188. The lowest BCUT2D eigenvalue weighted by atomic mass is 10.0. The summed E-state index contributed by atoms with van der Waals surface area (Å²) in [6.45, 7) is 1.88. The van der Waals surface area contributed by atoms with Crippen molar-refractivity contribution < 1.29 is 27.4 Å². The molecule has 0 aliphatic carbocycles. The van der Waals surface area contributed by atoms with Crippen molar-refractivity contribution in [2.45, 2.75) is 24.9 Å². The molecule has 7 heteroatoms. The summed E-state index contributed by atoms with van der Waals surface area (Å²) in [6, 6.07) is 6.07. The van der Waals surface area contributed by atoms with E-state index in [9.17, 15) is 13.2 Å². The first kappa shape index (κ1) is 16.1. The van der Waals surface area contributed by atoms with Crippen molar-refractivity contribution in [3.63, 3.8) is 0 Å². The van der Waals surface area contributed by atoms with E-state index in [0.717, 1.165) is 6.42 Å². The number of para-hydroxylation sites is 1. The van der Waals surface area contributed by atoms with Gasteiger partial charge in [0, 0.05) is 38.8 Å². The van der Waals surface area contributed by atoms with Crippen LogP contribution in [-0.2, 0) is 16.0 Å². The molecule has 1 fully saturated rings. The number of methoxy groups -OCH3 is 1. The van der Waals surface area contributed by atoms with Gasteiger partial charge in [0.05, 0.1) is 6.61 Å². The van der Waals surface area contributed by atoms with Crippen molar-refractivity contribution in [3.05, 3.63) is 29.8 Å². The summed E-state index contributed by atoms with van der Waals surface area (Å²) in [5, 5.41) is 3.11. The molecule has 1 aliphatic rings. The first-order valence-electron chi connectivity index (χ1n) is 6.61. The van der Waals surface area contributed by atoms with E-state index in [1.807, 2.05) is 0 Å². The van der Waals surface area contributed by atoms with E-state index in [2.05, 4.69) is 10.1 Å². The number of benzene rings is 1. The normalized spacial score (nSPS) is 22.5. The van der Waals surface area contributed by atoms with E-state index in [1.54, 1.807) is 19.2 Å². The third-order valence-corrected chi connectivity index (χ3v) is 3.46. The largest absolute Gasteiger partial charge is 0.573 e. The molecular formula is C14H18F3NO3. The summed E-state index contributed by atoms with van der Waals surface area (Å²) in [6.07, 6.45) is -3.93. The maximum atomic E-state index is 12.3. The quantitative estimate of drug-likeness (QED) is 0.876. The number of ether oxygens (including phenoxy) is 3. The van der Waals surface area contributed by atoms with E-state index < -0.39 is 12.0 Å². The summed E-state index contributed by atoms with van der Waals surface area (Å²) >= 11 is 0. The number of hydrogen-bond acceptors (Lipinski definition) is 4. The van der Waals surface area contributed by atoms with Crippen LogP contribution in [0.4, 0.5) is 13.2 Å². The Morgan fingerprint density at radius 3 is 2.71 bits per heavy atom. The Balaban J connectivity index is 1.94. The van der Waals surface area contributed by atoms with Gasteiger partial charge in [0.1, 0.15) is 11.4 Å². The molecule has 1 aromatic carbocycles. The van der Waals surface area contributed by atoms with Gasteiger partial charge in [-0.05, 0) is 6.07 Å². The Kier molecular flexibility index (Phi) is 5.08. The van der Waals surface area contributed by atoms with Gasteiger partial charge in [-0.15, -0.1) is 13.2 Å². The Morgan fingerprint density at radius 2 is 2.10 bits per heavy atom. The second-order valence-corrected chi connectivity index (χ2v) is 4.95. The Hall–Kier alpha value is -1.31. The second-order valence-electron chi connectivity index (χ2n) is 4.95. The fourth-order valence-electron chi connectivity index (χ4n) is 2.26.